The molecule has 30 heavy (non-hydrogen) atoms. The molecule has 0 saturated carbocycles. The number of benzene rings is 1. The van der Waals surface area contributed by atoms with Crippen LogP contribution in [0.3, 0.4) is 0 Å². The second-order valence-corrected chi connectivity index (χ2v) is 8.34. The van der Waals surface area contributed by atoms with Gasteiger partial charge in [-0.2, -0.15) is 5.10 Å². The van der Waals surface area contributed by atoms with Crippen LogP contribution in [0.5, 0.6) is 0 Å². The minimum Gasteiger partial charge on any atom is -0.379 e. The van der Waals surface area contributed by atoms with Crippen LogP contribution in [0.15, 0.2) is 42.7 Å². The molecule has 0 radical (unpaired) electrons. The molecule has 2 aromatic heterocycles. The number of anilines is 1. The summed E-state index contributed by atoms with van der Waals surface area (Å²) in [7, 11) is 1.88. The molecule has 2 fully saturated rings. The fraction of sp³-hybridized carbons (Fsp3) is 0.455. The molecule has 0 bridgehead atoms. The van der Waals surface area contributed by atoms with Gasteiger partial charge in [0.05, 0.1) is 18.7 Å². The van der Waals surface area contributed by atoms with Gasteiger partial charge in [-0.1, -0.05) is 18.2 Å². The normalized spacial score (nSPS) is 22.4. The maximum Gasteiger partial charge on any atom is 0.275 e. The van der Waals surface area contributed by atoms with Crippen molar-refractivity contribution in [2.75, 3.05) is 44.3 Å². The molecule has 8 heteroatoms. The van der Waals surface area contributed by atoms with Gasteiger partial charge in [-0.15, -0.1) is 0 Å². The smallest absolute Gasteiger partial charge is 0.275 e. The zero-order valence-corrected chi connectivity index (χ0v) is 17.2. The Hall–Kier alpha value is -3.00. The van der Waals surface area contributed by atoms with Crippen molar-refractivity contribution in [2.24, 2.45) is 12.5 Å². The third-order valence-electron chi connectivity index (χ3n) is 6.18. The number of ether oxygens (including phenoxy) is 1. The summed E-state index contributed by atoms with van der Waals surface area (Å²) in [6.45, 7) is 4.21. The summed E-state index contributed by atoms with van der Waals surface area (Å²) >= 11 is 0. The molecule has 1 amide bonds. The number of carbonyl (C=O) groups is 1. The number of amides is 1. The zero-order valence-electron chi connectivity index (χ0n) is 17.2. The summed E-state index contributed by atoms with van der Waals surface area (Å²) in [5, 5.41) is 5.45. The minimum absolute atomic E-state index is 0.00219. The van der Waals surface area contributed by atoms with Crippen molar-refractivity contribution < 1.29 is 9.53 Å². The third-order valence-corrected chi connectivity index (χ3v) is 6.18. The molecule has 156 valence electrons. The molecule has 4 heterocycles. The lowest BCUT2D eigenvalue weighted by Crippen LogP contribution is -2.52. The Labute approximate surface area is 175 Å². The summed E-state index contributed by atoms with van der Waals surface area (Å²) in [4.78, 5) is 26.5. The predicted octanol–water partition coefficient (Wildman–Crippen LogP) is 2.12. The highest BCUT2D eigenvalue weighted by molar-refractivity contribution is 6.04. The highest BCUT2D eigenvalue weighted by atomic mass is 16.5. The van der Waals surface area contributed by atoms with Crippen LogP contribution >= 0.6 is 0 Å². The van der Waals surface area contributed by atoms with E-state index in [1.807, 2.05) is 42.3 Å². The predicted molar refractivity (Wildman–Crippen MR) is 113 cm³/mol. The SMILES string of the molecule is Cn1nc(C(=O)N2CCC[C@@]3(COCCN(c4ncccn4)C3)C2)c2ccccc21. The average molecular weight is 406 g/mol. The van der Waals surface area contributed by atoms with Crippen LogP contribution in [0, 0.1) is 5.41 Å². The number of fused-ring (bicyclic) bond motifs is 1. The molecule has 1 atom stereocenters. The van der Waals surface area contributed by atoms with Crippen molar-refractivity contribution in [1.82, 2.24) is 24.6 Å². The van der Waals surface area contributed by atoms with Gasteiger partial charge in [0, 0.05) is 56.4 Å². The van der Waals surface area contributed by atoms with Crippen molar-refractivity contribution in [3.63, 3.8) is 0 Å². The summed E-state index contributed by atoms with van der Waals surface area (Å²) < 4.78 is 7.78. The van der Waals surface area contributed by atoms with E-state index in [2.05, 4.69) is 20.0 Å². The molecular weight excluding hydrogens is 380 g/mol. The number of para-hydroxylation sites is 1. The summed E-state index contributed by atoms with van der Waals surface area (Å²) in [6, 6.07) is 9.71. The van der Waals surface area contributed by atoms with Crippen LogP contribution in [0.2, 0.25) is 0 Å². The van der Waals surface area contributed by atoms with E-state index in [0.717, 1.165) is 49.3 Å². The Balaban J connectivity index is 1.41. The number of aromatic nitrogens is 4. The van der Waals surface area contributed by atoms with Gasteiger partial charge < -0.3 is 14.5 Å². The second-order valence-electron chi connectivity index (χ2n) is 8.34. The number of hydrogen-bond acceptors (Lipinski definition) is 6. The molecule has 8 nitrogen and oxygen atoms in total. The highest BCUT2D eigenvalue weighted by Gasteiger charge is 2.41. The second kappa shape index (κ2) is 7.68. The highest BCUT2D eigenvalue weighted by Crippen LogP contribution is 2.35. The Morgan fingerprint density at radius 1 is 1.10 bits per heavy atom. The number of rotatable bonds is 2. The van der Waals surface area contributed by atoms with Crippen LogP contribution in [-0.4, -0.2) is 69.9 Å². The van der Waals surface area contributed by atoms with Crippen LogP contribution in [0.1, 0.15) is 23.3 Å². The van der Waals surface area contributed by atoms with E-state index < -0.39 is 0 Å². The molecule has 0 N–H and O–H groups in total. The van der Waals surface area contributed by atoms with E-state index in [0.29, 0.717) is 25.5 Å². The number of carbonyl (C=O) groups excluding carboxylic acids is 1. The fourth-order valence-electron chi connectivity index (χ4n) is 4.77. The van der Waals surface area contributed by atoms with Crippen molar-refractivity contribution in [1.29, 1.82) is 0 Å². The van der Waals surface area contributed by atoms with Gasteiger partial charge >= 0.3 is 0 Å². The van der Waals surface area contributed by atoms with Crippen LogP contribution < -0.4 is 4.90 Å². The Morgan fingerprint density at radius 3 is 2.80 bits per heavy atom. The molecular formula is C22H26N6O2. The largest absolute Gasteiger partial charge is 0.379 e. The van der Waals surface area contributed by atoms with Gasteiger partial charge in [0.25, 0.3) is 5.91 Å². The maximum absolute atomic E-state index is 13.5. The van der Waals surface area contributed by atoms with Crippen molar-refractivity contribution in [3.05, 3.63) is 48.4 Å². The van der Waals surface area contributed by atoms with E-state index in [1.165, 1.54) is 0 Å². The summed E-state index contributed by atoms with van der Waals surface area (Å²) in [5.41, 5.74) is 1.37. The molecule has 2 aliphatic rings. The van der Waals surface area contributed by atoms with Gasteiger partial charge in [0.15, 0.2) is 5.69 Å². The Morgan fingerprint density at radius 2 is 1.93 bits per heavy atom. The lowest BCUT2D eigenvalue weighted by molar-refractivity contribution is 0.0133. The number of likely N-dealkylation sites (tertiary alicyclic amines) is 1. The first-order valence-corrected chi connectivity index (χ1v) is 10.5. The van der Waals surface area contributed by atoms with Crippen LogP contribution in [0.25, 0.3) is 10.9 Å². The van der Waals surface area contributed by atoms with Gasteiger partial charge in [0.2, 0.25) is 5.95 Å². The van der Waals surface area contributed by atoms with E-state index in [9.17, 15) is 4.79 Å². The fourth-order valence-corrected chi connectivity index (χ4v) is 4.77. The standard InChI is InChI=1S/C22H26N6O2/c1-26-18-7-3-2-6-17(18)19(25-26)20(29)27-11-4-8-22(14-27)15-28(12-13-30-16-22)21-23-9-5-10-24-21/h2-3,5-7,9-10H,4,8,11-16H2,1H3/t22-/m1/s1. The quantitative estimate of drug-likeness (QED) is 0.649. The molecule has 0 aliphatic carbocycles. The molecule has 1 aromatic carbocycles. The van der Waals surface area contributed by atoms with Crippen LogP contribution in [0.4, 0.5) is 5.95 Å². The van der Waals surface area contributed by atoms with Crippen molar-refractivity contribution >= 4 is 22.8 Å². The van der Waals surface area contributed by atoms with E-state index in [-0.39, 0.29) is 11.3 Å². The number of nitrogens with zero attached hydrogens (tertiary/aromatic N) is 6. The molecule has 2 aliphatic heterocycles. The van der Waals surface area contributed by atoms with Gasteiger partial charge in [0.1, 0.15) is 0 Å². The Kier molecular flexibility index (Phi) is 4.86. The van der Waals surface area contributed by atoms with E-state index in [4.69, 9.17) is 4.74 Å². The number of piperidine rings is 1. The van der Waals surface area contributed by atoms with E-state index >= 15 is 0 Å². The lowest BCUT2D eigenvalue weighted by atomic mass is 9.80. The van der Waals surface area contributed by atoms with Crippen LogP contribution in [-0.2, 0) is 11.8 Å². The number of hydrogen-bond donors (Lipinski definition) is 0. The topological polar surface area (TPSA) is 76.4 Å². The monoisotopic (exact) mass is 406 g/mol. The molecule has 0 unspecified atom stereocenters. The lowest BCUT2D eigenvalue weighted by Gasteiger charge is -2.43. The first-order valence-electron chi connectivity index (χ1n) is 10.5. The number of aryl methyl sites for hydroxylation is 1. The van der Waals surface area contributed by atoms with Crippen molar-refractivity contribution in [3.8, 4) is 0 Å². The minimum atomic E-state index is -0.131. The zero-order chi connectivity index (χ0) is 20.6. The van der Waals surface area contributed by atoms with Gasteiger partial charge in [-0.25, -0.2) is 9.97 Å². The summed E-state index contributed by atoms with van der Waals surface area (Å²) in [5.74, 6) is 0.721. The average Bonchev–Trinajstić information content (AvgIpc) is 2.99. The van der Waals surface area contributed by atoms with Gasteiger partial charge in [-0.3, -0.25) is 9.48 Å². The molecule has 5 rings (SSSR count). The molecule has 3 aromatic rings. The van der Waals surface area contributed by atoms with Gasteiger partial charge in [-0.05, 0) is 25.0 Å². The summed E-state index contributed by atoms with van der Waals surface area (Å²) in [6.07, 6.45) is 5.50. The van der Waals surface area contributed by atoms with Crippen molar-refractivity contribution in [2.45, 2.75) is 12.8 Å². The first-order chi connectivity index (χ1) is 14.7. The Bertz CT molecular complexity index is 1050. The van der Waals surface area contributed by atoms with E-state index in [1.54, 1.807) is 17.1 Å². The molecule has 2 saturated heterocycles. The first kappa shape index (κ1) is 19.0. The maximum atomic E-state index is 13.5. The molecule has 1 spiro atoms. The third kappa shape index (κ3) is 3.41.